The lowest BCUT2D eigenvalue weighted by Crippen LogP contribution is -2.15. The summed E-state index contributed by atoms with van der Waals surface area (Å²) >= 11 is 1.21. The van der Waals surface area contributed by atoms with Gasteiger partial charge in [-0.25, -0.2) is 9.37 Å². The van der Waals surface area contributed by atoms with Gasteiger partial charge in [0.1, 0.15) is 11.6 Å². The van der Waals surface area contributed by atoms with Crippen LogP contribution in [-0.2, 0) is 4.79 Å². The molecule has 19 heavy (non-hydrogen) atoms. The second-order valence-corrected chi connectivity index (χ2v) is 5.04. The minimum atomic E-state index is -0.515. The van der Waals surface area contributed by atoms with Crippen LogP contribution in [0.4, 0.5) is 4.39 Å². The molecule has 7 heteroatoms. The number of H-pyrrole nitrogens is 1. The summed E-state index contributed by atoms with van der Waals surface area (Å²) in [5.74, 6) is -0.311. The first-order valence-electron chi connectivity index (χ1n) is 5.42. The summed E-state index contributed by atoms with van der Waals surface area (Å²) < 4.78 is 13.1. The zero-order valence-corrected chi connectivity index (χ0v) is 10.4. The van der Waals surface area contributed by atoms with Gasteiger partial charge in [-0.15, -0.1) is 0 Å². The predicted octanol–water partition coefficient (Wildman–Crippen LogP) is 1.01. The van der Waals surface area contributed by atoms with Crippen LogP contribution < -0.4 is 11.3 Å². The highest BCUT2D eigenvalue weighted by Gasteiger charge is 2.25. The van der Waals surface area contributed by atoms with Crippen molar-refractivity contribution in [2.45, 2.75) is 0 Å². The van der Waals surface area contributed by atoms with Crippen molar-refractivity contribution in [3.63, 3.8) is 0 Å². The maximum absolute atomic E-state index is 13.1. The number of carbonyl (C=O) groups is 1. The number of carbonyl (C=O) groups excluding carboxylic acids is 1. The molecular formula is C12H8FN3O2S. The number of aromatic amines is 1. The van der Waals surface area contributed by atoms with E-state index >= 15 is 0 Å². The van der Waals surface area contributed by atoms with E-state index in [-0.39, 0.29) is 28.3 Å². The van der Waals surface area contributed by atoms with Gasteiger partial charge in [0.15, 0.2) is 5.78 Å². The van der Waals surface area contributed by atoms with Crippen molar-refractivity contribution < 1.29 is 9.18 Å². The molecule has 0 saturated carbocycles. The molecule has 0 amide bonds. The number of hydrogen-bond donors (Lipinski definition) is 2. The minimum absolute atomic E-state index is 0.136. The summed E-state index contributed by atoms with van der Waals surface area (Å²) in [6.45, 7) is 0. The summed E-state index contributed by atoms with van der Waals surface area (Å²) in [7, 11) is 0. The third-order valence-electron chi connectivity index (χ3n) is 2.79. The highest BCUT2D eigenvalue weighted by Crippen LogP contribution is 2.30. The van der Waals surface area contributed by atoms with Gasteiger partial charge >= 0.3 is 0 Å². The van der Waals surface area contributed by atoms with Crippen LogP contribution in [0.3, 0.4) is 0 Å². The molecule has 0 atom stereocenters. The zero-order valence-electron chi connectivity index (χ0n) is 9.57. The van der Waals surface area contributed by atoms with Crippen molar-refractivity contribution in [3.8, 4) is 0 Å². The molecule has 1 aliphatic heterocycles. The quantitative estimate of drug-likeness (QED) is 0.812. The third kappa shape index (κ3) is 1.91. The van der Waals surface area contributed by atoms with E-state index in [9.17, 15) is 14.0 Å². The number of thioether (sulfide) groups is 1. The maximum atomic E-state index is 13.1. The molecule has 3 rings (SSSR count). The number of halogens is 1. The Balaban J connectivity index is 2.28. The van der Waals surface area contributed by atoms with E-state index in [1.54, 1.807) is 0 Å². The molecule has 2 heterocycles. The van der Waals surface area contributed by atoms with Gasteiger partial charge < -0.3 is 10.7 Å². The second kappa shape index (κ2) is 4.20. The molecule has 5 nitrogen and oxygen atoms in total. The Morgan fingerprint density at radius 1 is 1.37 bits per heavy atom. The van der Waals surface area contributed by atoms with Crippen LogP contribution in [0.25, 0.3) is 16.5 Å². The van der Waals surface area contributed by atoms with Crippen molar-refractivity contribution in [2.75, 3.05) is 5.75 Å². The Bertz CT molecular complexity index is 797. The van der Waals surface area contributed by atoms with Gasteiger partial charge in [0.2, 0.25) is 0 Å². The van der Waals surface area contributed by atoms with Crippen LogP contribution in [0.5, 0.6) is 0 Å². The van der Waals surface area contributed by atoms with Crippen LogP contribution in [-0.4, -0.2) is 21.5 Å². The number of benzene rings is 1. The number of nitrogens with zero attached hydrogens (tertiary/aromatic N) is 1. The molecule has 0 unspecified atom stereocenters. The van der Waals surface area contributed by atoms with Crippen molar-refractivity contribution in [1.82, 2.24) is 9.97 Å². The van der Waals surface area contributed by atoms with Gasteiger partial charge in [-0.3, -0.25) is 9.59 Å². The predicted molar refractivity (Wildman–Crippen MR) is 70.9 cm³/mol. The lowest BCUT2D eigenvalue weighted by molar-refractivity contribution is -0.111. The molecular weight excluding hydrogens is 269 g/mol. The SMILES string of the molecule is NC1=C(c2nc3ccc(F)cc3c(=O)[nH]2)C(=O)CS1. The molecule has 1 aliphatic rings. The fourth-order valence-corrected chi connectivity index (χ4v) is 2.69. The highest BCUT2D eigenvalue weighted by atomic mass is 32.2. The topological polar surface area (TPSA) is 88.8 Å². The van der Waals surface area contributed by atoms with Gasteiger partial charge in [0.05, 0.1) is 27.3 Å². The van der Waals surface area contributed by atoms with Crippen LogP contribution in [0.1, 0.15) is 5.82 Å². The van der Waals surface area contributed by atoms with Gasteiger partial charge in [0.25, 0.3) is 5.56 Å². The molecule has 1 aromatic carbocycles. The highest BCUT2D eigenvalue weighted by molar-refractivity contribution is 8.04. The standard InChI is InChI=1S/C12H8FN3O2S/c13-5-1-2-7-6(3-5)12(18)16-11(15-7)9-8(17)4-19-10(9)14/h1-3H,4,14H2,(H,15,16,18). The maximum Gasteiger partial charge on any atom is 0.259 e. The second-order valence-electron chi connectivity index (χ2n) is 4.03. The minimum Gasteiger partial charge on any atom is -0.393 e. The van der Waals surface area contributed by atoms with Crippen molar-refractivity contribution in [2.24, 2.45) is 5.73 Å². The smallest absolute Gasteiger partial charge is 0.259 e. The number of rotatable bonds is 1. The number of ketones is 1. The number of allylic oxidation sites excluding steroid dienone is 1. The first kappa shape index (κ1) is 11.9. The average Bonchev–Trinajstić information content (AvgIpc) is 2.70. The fraction of sp³-hybridized carbons (Fsp3) is 0.0833. The molecule has 0 spiro atoms. The summed E-state index contributed by atoms with van der Waals surface area (Å²) in [5.41, 5.74) is 5.78. The molecule has 1 aromatic heterocycles. The number of fused-ring (bicyclic) bond motifs is 1. The van der Waals surface area contributed by atoms with E-state index in [4.69, 9.17) is 5.73 Å². The molecule has 0 radical (unpaired) electrons. The van der Waals surface area contributed by atoms with Crippen molar-refractivity contribution >= 4 is 34.0 Å². The van der Waals surface area contributed by atoms with Crippen LogP contribution in [0.15, 0.2) is 28.0 Å². The number of hydrogen-bond acceptors (Lipinski definition) is 5. The molecule has 0 aliphatic carbocycles. The largest absolute Gasteiger partial charge is 0.393 e. The van der Waals surface area contributed by atoms with Gasteiger partial charge in [0, 0.05) is 0 Å². The molecule has 0 fully saturated rings. The van der Waals surface area contributed by atoms with E-state index in [0.717, 1.165) is 6.07 Å². The van der Waals surface area contributed by atoms with E-state index in [0.29, 0.717) is 10.5 Å². The van der Waals surface area contributed by atoms with E-state index < -0.39 is 11.4 Å². The number of nitrogens with two attached hydrogens (primary N) is 1. The Morgan fingerprint density at radius 3 is 2.84 bits per heavy atom. The Labute approximate surface area is 110 Å². The summed E-state index contributed by atoms with van der Waals surface area (Å²) in [4.78, 5) is 30.2. The van der Waals surface area contributed by atoms with E-state index in [1.165, 1.54) is 23.9 Å². The molecule has 3 N–H and O–H groups in total. The average molecular weight is 277 g/mol. The number of Topliss-reactive ketones (excluding diaryl/α,β-unsaturated/α-hetero) is 1. The summed E-state index contributed by atoms with van der Waals surface area (Å²) in [5, 5.41) is 0.482. The normalized spacial score (nSPS) is 15.5. The fourth-order valence-electron chi connectivity index (χ4n) is 1.90. The number of aromatic nitrogens is 2. The van der Waals surface area contributed by atoms with E-state index in [2.05, 4.69) is 9.97 Å². The van der Waals surface area contributed by atoms with Crippen LogP contribution in [0, 0.1) is 5.82 Å². The lowest BCUT2D eigenvalue weighted by Gasteiger charge is -2.03. The van der Waals surface area contributed by atoms with Crippen molar-refractivity contribution in [1.29, 1.82) is 0 Å². The molecule has 0 bridgehead atoms. The Morgan fingerprint density at radius 2 is 2.16 bits per heavy atom. The first-order valence-corrected chi connectivity index (χ1v) is 6.40. The zero-order chi connectivity index (χ0) is 13.6. The molecule has 0 saturated heterocycles. The Hall–Kier alpha value is -2.15. The van der Waals surface area contributed by atoms with Gasteiger partial charge in [-0.05, 0) is 18.2 Å². The van der Waals surface area contributed by atoms with E-state index in [1.807, 2.05) is 0 Å². The van der Waals surface area contributed by atoms with Gasteiger partial charge in [-0.1, -0.05) is 11.8 Å². The molecule has 96 valence electrons. The third-order valence-corrected chi connectivity index (χ3v) is 3.71. The lowest BCUT2D eigenvalue weighted by atomic mass is 10.1. The summed E-state index contributed by atoms with van der Waals surface area (Å²) in [6, 6.07) is 3.71. The van der Waals surface area contributed by atoms with Crippen LogP contribution in [0.2, 0.25) is 0 Å². The van der Waals surface area contributed by atoms with Crippen LogP contribution >= 0.6 is 11.8 Å². The first-order chi connectivity index (χ1) is 9.06. The number of nitrogens with one attached hydrogen (secondary N) is 1. The Kier molecular flexibility index (Phi) is 2.63. The van der Waals surface area contributed by atoms with Crippen molar-refractivity contribution in [3.05, 3.63) is 45.2 Å². The molecule has 2 aromatic rings. The summed E-state index contributed by atoms with van der Waals surface area (Å²) in [6.07, 6.45) is 0. The van der Waals surface area contributed by atoms with Gasteiger partial charge in [-0.2, -0.15) is 0 Å². The monoisotopic (exact) mass is 277 g/mol.